The van der Waals surface area contributed by atoms with Crippen molar-refractivity contribution < 1.29 is 0 Å². The highest BCUT2D eigenvalue weighted by molar-refractivity contribution is 5.81. The second kappa shape index (κ2) is 2.85. The van der Waals surface area contributed by atoms with Crippen LogP contribution in [0, 0.1) is 0 Å². The lowest BCUT2D eigenvalue weighted by Gasteiger charge is -2.16. The van der Waals surface area contributed by atoms with Crippen LogP contribution in [0.2, 0.25) is 0 Å². The second-order valence-electron chi connectivity index (χ2n) is 4.58. The second-order valence-corrected chi connectivity index (χ2v) is 4.58. The van der Waals surface area contributed by atoms with Crippen molar-refractivity contribution in [1.29, 1.82) is 0 Å². The van der Waals surface area contributed by atoms with Gasteiger partial charge in [-0.15, -0.1) is 0 Å². The van der Waals surface area contributed by atoms with Crippen molar-refractivity contribution in [2.24, 2.45) is 0 Å². The molecule has 1 unspecified atom stereocenters. The fourth-order valence-electron chi connectivity index (χ4n) is 3.09. The molecule has 0 heterocycles. The lowest BCUT2D eigenvalue weighted by atomic mass is 9.87. The molecule has 0 spiro atoms. The van der Waals surface area contributed by atoms with Crippen LogP contribution in [0.15, 0.2) is 54.6 Å². The number of fused-ring (bicyclic) bond motifs is 3. The van der Waals surface area contributed by atoms with E-state index in [1.807, 2.05) is 0 Å². The van der Waals surface area contributed by atoms with E-state index >= 15 is 0 Å². The maximum atomic E-state index is 2.36. The summed E-state index contributed by atoms with van der Waals surface area (Å²) in [5.41, 5.74) is 7.40. The highest BCUT2D eigenvalue weighted by Crippen LogP contribution is 2.48. The monoisotopic (exact) mass is 204 g/mol. The molecule has 2 aromatic rings. The molecule has 0 saturated heterocycles. The van der Waals surface area contributed by atoms with Gasteiger partial charge in [-0.1, -0.05) is 54.6 Å². The molecule has 16 heavy (non-hydrogen) atoms. The summed E-state index contributed by atoms with van der Waals surface area (Å²) in [6, 6.07) is 15.5. The average molecular weight is 204 g/mol. The van der Waals surface area contributed by atoms with Gasteiger partial charge in [0.25, 0.3) is 0 Å². The van der Waals surface area contributed by atoms with Crippen molar-refractivity contribution in [2.75, 3.05) is 0 Å². The molecular weight excluding hydrogens is 192 g/mol. The Balaban J connectivity index is 2.14. The van der Waals surface area contributed by atoms with Gasteiger partial charge in [-0.25, -0.2) is 0 Å². The first-order valence-electron chi connectivity index (χ1n) is 5.83. The van der Waals surface area contributed by atoms with Gasteiger partial charge in [-0.3, -0.25) is 0 Å². The Bertz CT molecular complexity index is 605. The quantitative estimate of drug-likeness (QED) is 0.571. The molecule has 0 radical (unpaired) electrons. The summed E-state index contributed by atoms with van der Waals surface area (Å²) in [4.78, 5) is 0. The summed E-state index contributed by atoms with van der Waals surface area (Å²) < 4.78 is 0. The van der Waals surface area contributed by atoms with Crippen LogP contribution in [-0.4, -0.2) is 0 Å². The highest BCUT2D eigenvalue weighted by atomic mass is 14.3. The Kier molecular flexibility index (Phi) is 1.49. The number of allylic oxidation sites excluding steroid dienone is 2. The van der Waals surface area contributed by atoms with Crippen molar-refractivity contribution in [2.45, 2.75) is 12.3 Å². The van der Waals surface area contributed by atoms with E-state index < -0.39 is 0 Å². The van der Waals surface area contributed by atoms with E-state index in [0.29, 0.717) is 5.92 Å². The Morgan fingerprint density at radius 3 is 2.75 bits per heavy atom. The largest absolute Gasteiger partial charge is 0.0832 e. The third kappa shape index (κ3) is 0.898. The fraction of sp³-hybridized carbons (Fsp3) is 0.125. The zero-order valence-electron chi connectivity index (χ0n) is 8.98. The topological polar surface area (TPSA) is 0 Å². The zero-order chi connectivity index (χ0) is 10.5. The smallest absolute Gasteiger partial charge is 0.0284 e. The predicted molar refractivity (Wildman–Crippen MR) is 66.6 cm³/mol. The lowest BCUT2D eigenvalue weighted by molar-refractivity contribution is 0.988. The van der Waals surface area contributed by atoms with Gasteiger partial charge < -0.3 is 0 Å². The van der Waals surface area contributed by atoms with Crippen LogP contribution in [0.5, 0.6) is 0 Å². The van der Waals surface area contributed by atoms with E-state index in [-0.39, 0.29) is 0 Å². The Labute approximate surface area is 95.2 Å². The van der Waals surface area contributed by atoms with Gasteiger partial charge in [-0.05, 0) is 34.2 Å². The summed E-state index contributed by atoms with van der Waals surface area (Å²) in [5, 5.41) is 0. The van der Waals surface area contributed by atoms with Gasteiger partial charge in [0.05, 0.1) is 0 Å². The van der Waals surface area contributed by atoms with Crippen LogP contribution in [0.25, 0.3) is 11.1 Å². The van der Waals surface area contributed by atoms with Gasteiger partial charge in [-0.2, -0.15) is 0 Å². The summed E-state index contributed by atoms with van der Waals surface area (Å²) in [7, 11) is 0. The van der Waals surface area contributed by atoms with Crippen LogP contribution in [0.3, 0.4) is 0 Å². The normalized spacial score (nSPS) is 19.4. The van der Waals surface area contributed by atoms with Crippen LogP contribution in [-0.2, 0) is 6.42 Å². The minimum absolute atomic E-state index is 0.510. The van der Waals surface area contributed by atoms with Crippen molar-refractivity contribution in [3.05, 3.63) is 71.3 Å². The van der Waals surface area contributed by atoms with Gasteiger partial charge in [0.1, 0.15) is 0 Å². The molecule has 0 N–H and O–H groups in total. The molecule has 2 aliphatic rings. The third-order valence-electron chi connectivity index (χ3n) is 3.76. The van der Waals surface area contributed by atoms with Gasteiger partial charge in [0.2, 0.25) is 0 Å². The molecule has 76 valence electrons. The van der Waals surface area contributed by atoms with Crippen molar-refractivity contribution in [3.8, 4) is 11.1 Å². The molecule has 0 fully saturated rings. The first-order chi connectivity index (χ1) is 7.95. The molecule has 4 rings (SSSR count). The van der Waals surface area contributed by atoms with Crippen LogP contribution in [0.1, 0.15) is 22.6 Å². The molecule has 0 heteroatoms. The fourth-order valence-corrected chi connectivity index (χ4v) is 3.09. The molecule has 0 aromatic heterocycles. The van der Waals surface area contributed by atoms with Crippen molar-refractivity contribution in [3.63, 3.8) is 0 Å². The molecule has 0 saturated carbocycles. The van der Waals surface area contributed by atoms with E-state index in [0.717, 1.165) is 6.42 Å². The molecule has 2 aromatic carbocycles. The molecule has 0 nitrogen and oxygen atoms in total. The Morgan fingerprint density at radius 1 is 0.875 bits per heavy atom. The van der Waals surface area contributed by atoms with Gasteiger partial charge >= 0.3 is 0 Å². The van der Waals surface area contributed by atoms with E-state index in [9.17, 15) is 0 Å². The summed E-state index contributed by atoms with van der Waals surface area (Å²) in [5.74, 6) is 0.510. The summed E-state index contributed by atoms with van der Waals surface area (Å²) in [6.45, 7) is 0. The van der Waals surface area contributed by atoms with E-state index in [1.54, 1.807) is 5.56 Å². The first-order valence-corrected chi connectivity index (χ1v) is 5.83. The van der Waals surface area contributed by atoms with E-state index in [4.69, 9.17) is 0 Å². The molecule has 0 amide bonds. The van der Waals surface area contributed by atoms with Gasteiger partial charge in [0.15, 0.2) is 0 Å². The van der Waals surface area contributed by atoms with Crippen LogP contribution in [0.4, 0.5) is 0 Å². The maximum absolute atomic E-state index is 2.36. The first kappa shape index (κ1) is 8.35. The Morgan fingerprint density at radius 2 is 1.75 bits per heavy atom. The minimum Gasteiger partial charge on any atom is -0.0832 e. The maximum Gasteiger partial charge on any atom is 0.0284 e. The van der Waals surface area contributed by atoms with Crippen LogP contribution < -0.4 is 0 Å². The van der Waals surface area contributed by atoms with E-state index in [1.165, 1.54) is 22.3 Å². The van der Waals surface area contributed by atoms with Crippen LogP contribution >= 0.6 is 0 Å². The average Bonchev–Trinajstić information content (AvgIpc) is 2.68. The molecule has 2 aliphatic carbocycles. The Hall–Kier alpha value is -1.82. The third-order valence-corrected chi connectivity index (χ3v) is 3.76. The number of rotatable bonds is 0. The minimum atomic E-state index is 0.510. The number of benzene rings is 2. The predicted octanol–water partition coefficient (Wildman–Crippen LogP) is 3.91. The molecular formula is C16H12. The lowest BCUT2D eigenvalue weighted by Crippen LogP contribution is -2.01. The van der Waals surface area contributed by atoms with Crippen molar-refractivity contribution >= 4 is 0 Å². The number of hydrogen-bond donors (Lipinski definition) is 0. The molecule has 0 aliphatic heterocycles. The zero-order valence-corrected chi connectivity index (χ0v) is 8.98. The number of hydrogen-bond acceptors (Lipinski definition) is 0. The summed E-state index contributed by atoms with van der Waals surface area (Å²) >= 11 is 0. The molecule has 0 bridgehead atoms. The van der Waals surface area contributed by atoms with Gasteiger partial charge in [0, 0.05) is 5.92 Å². The highest BCUT2D eigenvalue weighted by Gasteiger charge is 2.29. The summed E-state index contributed by atoms with van der Waals surface area (Å²) in [6.07, 6.45) is 5.75. The standard InChI is InChI=1S/C16H12/c1-2-8-13-12(7-1)14-9-3-5-11-6-4-10-15(13)16(11)14/h1-5,7-10,15H,6H2. The SMILES string of the molecule is C1=CC2c3ccccc3-c3cccc(c32)C1. The van der Waals surface area contributed by atoms with Crippen molar-refractivity contribution in [1.82, 2.24) is 0 Å². The van der Waals surface area contributed by atoms with E-state index in [2.05, 4.69) is 54.6 Å². The molecule has 1 atom stereocenters.